The molecule has 4 aromatic carbocycles. The zero-order valence-electron chi connectivity index (χ0n) is 33.3. The van der Waals surface area contributed by atoms with Crippen molar-refractivity contribution in [1.82, 2.24) is 0 Å². The van der Waals surface area contributed by atoms with Crippen molar-refractivity contribution in [2.45, 2.75) is 161 Å². The second kappa shape index (κ2) is 23.9. The fourth-order valence-electron chi connectivity index (χ4n) is 8.16. The van der Waals surface area contributed by atoms with Crippen LogP contribution >= 0.6 is 0 Å². The van der Waals surface area contributed by atoms with Gasteiger partial charge in [0.1, 0.15) is 0 Å². The summed E-state index contributed by atoms with van der Waals surface area (Å²) in [4.78, 5) is 0. The summed E-state index contributed by atoms with van der Waals surface area (Å²) in [6.07, 6.45) is 25.8. The fraction of sp³-hybridized carbons (Fsp3) is 0.520. The molecule has 0 bridgehead atoms. The summed E-state index contributed by atoms with van der Waals surface area (Å²) in [6, 6.07) is 36.6. The number of hydrogen-bond acceptors (Lipinski definition) is 2. The quantitative estimate of drug-likeness (QED) is 0.0506. The van der Waals surface area contributed by atoms with Gasteiger partial charge in [-0.15, -0.1) is 0 Å². The molecule has 0 heterocycles. The predicted molar refractivity (Wildman–Crippen MR) is 229 cm³/mol. The Balaban J connectivity index is 1.43. The molecule has 2 nitrogen and oxygen atoms in total. The summed E-state index contributed by atoms with van der Waals surface area (Å²) < 4.78 is 0. The first-order valence-corrected chi connectivity index (χ1v) is 21.4. The smallest absolute Gasteiger partial charge is 0.0314 e. The maximum Gasteiger partial charge on any atom is 0.0314 e. The monoisotopic (exact) mass is 701 g/mol. The average molecular weight is 701 g/mol. The van der Waals surface area contributed by atoms with Crippen LogP contribution < -0.4 is 11.5 Å². The third-order valence-electron chi connectivity index (χ3n) is 11.4. The van der Waals surface area contributed by atoms with Crippen LogP contribution in [-0.2, 0) is 12.8 Å². The minimum atomic E-state index is 0.429. The summed E-state index contributed by atoms with van der Waals surface area (Å²) in [6.45, 7) is 6.91. The first-order chi connectivity index (χ1) is 25.5. The number of unbranched alkanes of at least 4 members (excludes halogenated alkanes) is 12. The largest absolute Gasteiger partial charge is 0.399 e. The van der Waals surface area contributed by atoms with Gasteiger partial charge in [-0.2, -0.15) is 0 Å². The molecule has 0 radical (unpaired) electrons. The lowest BCUT2D eigenvalue weighted by Crippen LogP contribution is -2.10. The molecule has 0 aliphatic heterocycles. The Morgan fingerprint density at radius 3 is 1.00 bits per heavy atom. The van der Waals surface area contributed by atoms with Gasteiger partial charge in [-0.25, -0.2) is 0 Å². The Hall–Kier alpha value is -3.52. The van der Waals surface area contributed by atoms with Crippen LogP contribution in [0.4, 0.5) is 11.4 Å². The second-order valence-corrected chi connectivity index (χ2v) is 15.8. The highest BCUT2D eigenvalue weighted by Crippen LogP contribution is 2.34. The predicted octanol–water partition coefficient (Wildman–Crippen LogP) is 14.6. The van der Waals surface area contributed by atoms with E-state index in [0.29, 0.717) is 17.8 Å². The molecular weight excluding hydrogens is 629 g/mol. The molecule has 4 rings (SSSR count). The Morgan fingerprint density at radius 2 is 0.635 bits per heavy atom. The lowest BCUT2D eigenvalue weighted by atomic mass is 9.83. The molecule has 0 aliphatic carbocycles. The molecule has 0 fully saturated rings. The first kappa shape index (κ1) is 41.2. The highest BCUT2D eigenvalue weighted by Gasteiger charge is 2.18. The molecule has 0 saturated heterocycles. The number of benzene rings is 4. The van der Waals surface area contributed by atoms with Gasteiger partial charge in [-0.1, -0.05) is 190 Å². The highest BCUT2D eigenvalue weighted by atomic mass is 14.5. The minimum Gasteiger partial charge on any atom is -0.399 e. The van der Waals surface area contributed by atoms with Gasteiger partial charge in [-0.3, -0.25) is 0 Å². The third-order valence-corrected chi connectivity index (χ3v) is 11.4. The zero-order chi connectivity index (χ0) is 36.8. The summed E-state index contributed by atoms with van der Waals surface area (Å²) in [5.41, 5.74) is 22.5. The second-order valence-electron chi connectivity index (χ2n) is 15.8. The average Bonchev–Trinajstić information content (AvgIpc) is 3.16. The van der Waals surface area contributed by atoms with Crippen LogP contribution in [0.2, 0.25) is 0 Å². The van der Waals surface area contributed by atoms with Gasteiger partial charge in [-0.05, 0) is 95.7 Å². The minimum absolute atomic E-state index is 0.429. The van der Waals surface area contributed by atoms with Crippen molar-refractivity contribution in [3.63, 3.8) is 0 Å². The Morgan fingerprint density at radius 1 is 0.346 bits per heavy atom. The molecule has 0 aliphatic rings. The molecule has 2 heteroatoms. The molecule has 4 N–H and O–H groups in total. The van der Waals surface area contributed by atoms with Crippen molar-refractivity contribution in [2.24, 2.45) is 5.92 Å². The van der Waals surface area contributed by atoms with Crippen molar-refractivity contribution in [3.05, 3.63) is 130 Å². The normalized spacial score (nSPS) is 13.2. The van der Waals surface area contributed by atoms with Crippen LogP contribution in [0.15, 0.2) is 97.1 Å². The molecule has 0 amide bonds. The van der Waals surface area contributed by atoms with Crippen LogP contribution in [0.25, 0.3) is 0 Å². The van der Waals surface area contributed by atoms with E-state index < -0.39 is 0 Å². The van der Waals surface area contributed by atoms with Crippen molar-refractivity contribution in [1.29, 1.82) is 0 Å². The number of hydrogen-bond donors (Lipinski definition) is 2. The van der Waals surface area contributed by atoms with E-state index in [1.807, 2.05) is 0 Å². The number of anilines is 2. The zero-order valence-corrected chi connectivity index (χ0v) is 33.3. The molecule has 0 spiro atoms. The van der Waals surface area contributed by atoms with Crippen LogP contribution in [0.3, 0.4) is 0 Å². The molecule has 52 heavy (non-hydrogen) atoms. The summed E-state index contributed by atoms with van der Waals surface area (Å²) >= 11 is 0. The van der Waals surface area contributed by atoms with Crippen LogP contribution in [0.1, 0.15) is 182 Å². The topological polar surface area (TPSA) is 52.0 Å². The fourth-order valence-corrected chi connectivity index (χ4v) is 8.16. The molecule has 2 atom stereocenters. The molecule has 282 valence electrons. The summed E-state index contributed by atoms with van der Waals surface area (Å²) in [7, 11) is 0. The number of nitrogen functional groups attached to an aromatic ring is 2. The van der Waals surface area contributed by atoms with Crippen LogP contribution in [-0.4, -0.2) is 0 Å². The molecule has 0 saturated carbocycles. The Bertz CT molecular complexity index is 1360. The third kappa shape index (κ3) is 14.5. The van der Waals surface area contributed by atoms with Gasteiger partial charge in [0.25, 0.3) is 0 Å². The van der Waals surface area contributed by atoms with E-state index in [0.717, 1.165) is 24.2 Å². The van der Waals surface area contributed by atoms with E-state index in [1.165, 1.54) is 149 Å². The van der Waals surface area contributed by atoms with E-state index in [4.69, 9.17) is 11.5 Å². The van der Waals surface area contributed by atoms with Crippen molar-refractivity contribution in [2.75, 3.05) is 11.5 Å². The van der Waals surface area contributed by atoms with Crippen molar-refractivity contribution < 1.29 is 0 Å². The van der Waals surface area contributed by atoms with Gasteiger partial charge < -0.3 is 11.5 Å². The molecule has 0 aromatic heterocycles. The first-order valence-electron chi connectivity index (χ1n) is 21.4. The van der Waals surface area contributed by atoms with E-state index in [1.54, 1.807) is 0 Å². The van der Waals surface area contributed by atoms with E-state index in [2.05, 4.69) is 118 Å². The van der Waals surface area contributed by atoms with Crippen LogP contribution in [0, 0.1) is 5.92 Å². The molecular formula is C50H72N2. The summed E-state index contributed by atoms with van der Waals surface area (Å²) in [5.74, 6) is 1.51. The van der Waals surface area contributed by atoms with Crippen molar-refractivity contribution in [3.8, 4) is 0 Å². The standard InChI is InChI=1S/C50H72N2/c1-4-7-10-12-14-17-20-49(45-30-34-47(51)35-31-45)43-26-22-40(23-27-43)38-42(19-16-9-6-3)39-41-24-28-44(29-25-41)50(21-18-15-13-11-8-5-2)46-32-36-48(52)37-33-46/h22-37,42,49-50H,4-21,38-39,51-52H2,1-3H3. The lowest BCUT2D eigenvalue weighted by molar-refractivity contribution is 0.452. The van der Waals surface area contributed by atoms with Gasteiger partial charge >= 0.3 is 0 Å². The van der Waals surface area contributed by atoms with Gasteiger partial charge in [0.15, 0.2) is 0 Å². The Labute approximate surface area is 319 Å². The summed E-state index contributed by atoms with van der Waals surface area (Å²) in [5, 5.41) is 0. The van der Waals surface area contributed by atoms with E-state index in [-0.39, 0.29) is 0 Å². The lowest BCUT2D eigenvalue weighted by Gasteiger charge is -2.21. The van der Waals surface area contributed by atoms with E-state index >= 15 is 0 Å². The van der Waals surface area contributed by atoms with Gasteiger partial charge in [0, 0.05) is 23.2 Å². The highest BCUT2D eigenvalue weighted by molar-refractivity contribution is 5.44. The van der Waals surface area contributed by atoms with E-state index in [9.17, 15) is 0 Å². The number of nitrogens with two attached hydrogens (primary N) is 2. The van der Waals surface area contributed by atoms with Gasteiger partial charge in [0.2, 0.25) is 0 Å². The van der Waals surface area contributed by atoms with Crippen LogP contribution in [0.5, 0.6) is 0 Å². The van der Waals surface area contributed by atoms with Crippen molar-refractivity contribution >= 4 is 11.4 Å². The molecule has 4 aromatic rings. The Kier molecular flexibility index (Phi) is 19.0. The number of rotatable bonds is 26. The maximum atomic E-state index is 6.08. The molecule has 2 unspecified atom stereocenters. The van der Waals surface area contributed by atoms with Gasteiger partial charge in [0.05, 0.1) is 0 Å². The maximum absolute atomic E-state index is 6.08. The SMILES string of the molecule is CCCCCCCCC(c1ccc(N)cc1)c1ccc(CC(CCCCC)Cc2ccc(C(CCCCCCCC)c3ccc(N)cc3)cc2)cc1.